The largest absolute Gasteiger partial charge is 0.355 e. The van der Waals surface area contributed by atoms with Crippen LogP contribution in [0.2, 0.25) is 0 Å². The van der Waals surface area contributed by atoms with Crippen molar-refractivity contribution in [2.75, 3.05) is 7.11 Å². The molecule has 2 atom stereocenters. The van der Waals surface area contributed by atoms with Crippen LogP contribution in [0.3, 0.4) is 0 Å². The van der Waals surface area contributed by atoms with Gasteiger partial charge in [0.2, 0.25) is 0 Å². The van der Waals surface area contributed by atoms with Crippen molar-refractivity contribution < 1.29 is 4.74 Å². The van der Waals surface area contributed by atoms with E-state index < -0.39 is 5.72 Å². The molecule has 0 spiro atoms. The highest BCUT2D eigenvalue weighted by molar-refractivity contribution is 4.85. The predicted molar refractivity (Wildman–Crippen MR) is 68.6 cm³/mol. The van der Waals surface area contributed by atoms with Gasteiger partial charge < -0.3 is 4.74 Å². The minimum Gasteiger partial charge on any atom is -0.355 e. The van der Waals surface area contributed by atoms with Crippen molar-refractivity contribution in [2.45, 2.75) is 67.2 Å². The van der Waals surface area contributed by atoms with Gasteiger partial charge in [-0.05, 0) is 19.3 Å². The molecule has 0 rings (SSSR count). The van der Waals surface area contributed by atoms with Crippen LogP contribution in [0.5, 0.6) is 0 Å². The molecule has 96 valence electrons. The van der Waals surface area contributed by atoms with Gasteiger partial charge >= 0.3 is 0 Å². The van der Waals surface area contributed by atoms with E-state index in [-0.39, 0.29) is 16.9 Å². The van der Waals surface area contributed by atoms with Crippen molar-refractivity contribution in [3.05, 3.63) is 0 Å². The fourth-order valence-corrected chi connectivity index (χ4v) is 0.867. The minimum atomic E-state index is -0.563. The lowest BCUT2D eigenvalue weighted by Gasteiger charge is -2.36. The Hall–Kier alpha value is -0.440. The average molecular weight is 228 g/mol. The smallest absolute Gasteiger partial charge is 0.180 e. The highest BCUT2D eigenvalue weighted by Crippen LogP contribution is 2.35. The first-order valence-electron chi connectivity index (χ1n) is 5.91. The molecule has 0 aromatic rings. The molecule has 0 bridgehead atoms. The molecule has 0 aliphatic carbocycles. The third kappa shape index (κ3) is 3.85. The maximum atomic E-state index is 5.50. The van der Waals surface area contributed by atoms with E-state index in [0.29, 0.717) is 0 Å². The van der Waals surface area contributed by atoms with Crippen LogP contribution in [0.25, 0.3) is 0 Å². The fourth-order valence-electron chi connectivity index (χ4n) is 0.867. The zero-order chi connectivity index (χ0) is 13.2. The van der Waals surface area contributed by atoms with Crippen LogP contribution in [0.4, 0.5) is 0 Å². The third-order valence-electron chi connectivity index (χ3n) is 3.46. The number of azo groups is 1. The van der Waals surface area contributed by atoms with Crippen molar-refractivity contribution >= 4 is 0 Å². The molecule has 0 aromatic carbocycles. The SMILES string of the molecule is COC(C)(N=NC(C)C(C)(C)C)C(C)(C)C. The summed E-state index contributed by atoms with van der Waals surface area (Å²) >= 11 is 0. The van der Waals surface area contributed by atoms with E-state index in [0.717, 1.165) is 0 Å². The summed E-state index contributed by atoms with van der Waals surface area (Å²) < 4.78 is 5.50. The summed E-state index contributed by atoms with van der Waals surface area (Å²) in [6.07, 6.45) is 0. The second kappa shape index (κ2) is 4.82. The van der Waals surface area contributed by atoms with Gasteiger partial charge in [-0.3, -0.25) is 0 Å². The van der Waals surface area contributed by atoms with E-state index in [1.807, 2.05) is 6.92 Å². The maximum absolute atomic E-state index is 5.50. The Morgan fingerprint density at radius 1 is 0.938 bits per heavy atom. The van der Waals surface area contributed by atoms with Gasteiger partial charge in [0.15, 0.2) is 5.72 Å². The normalized spacial score (nSPS) is 19.8. The van der Waals surface area contributed by atoms with E-state index in [1.165, 1.54) is 0 Å². The topological polar surface area (TPSA) is 34.0 Å². The predicted octanol–water partition coefficient (Wildman–Crippen LogP) is 4.28. The second-order valence-corrected chi connectivity index (χ2v) is 6.69. The first kappa shape index (κ1) is 15.6. The lowest BCUT2D eigenvalue weighted by molar-refractivity contribution is -0.0770. The fraction of sp³-hybridized carbons (Fsp3) is 1.00. The highest BCUT2D eigenvalue weighted by Gasteiger charge is 2.38. The summed E-state index contributed by atoms with van der Waals surface area (Å²) in [5.74, 6) is 0. The van der Waals surface area contributed by atoms with Crippen molar-refractivity contribution in [3.63, 3.8) is 0 Å². The lowest BCUT2D eigenvalue weighted by Crippen LogP contribution is -2.40. The molecule has 0 aromatic heterocycles. The molecule has 0 amide bonds. The standard InChI is InChI=1S/C13H28N2O/c1-10(11(2,3)4)14-15-13(8,16-9)12(5,6)7/h10H,1-9H3. The molecule has 0 N–H and O–H groups in total. The Balaban J connectivity index is 4.88. The molecule has 3 nitrogen and oxygen atoms in total. The average Bonchev–Trinajstić information content (AvgIpc) is 2.10. The van der Waals surface area contributed by atoms with Gasteiger partial charge in [-0.2, -0.15) is 10.2 Å². The van der Waals surface area contributed by atoms with Gasteiger partial charge in [0.1, 0.15) is 0 Å². The van der Waals surface area contributed by atoms with Crippen LogP contribution in [-0.4, -0.2) is 18.9 Å². The quantitative estimate of drug-likeness (QED) is 0.664. The lowest BCUT2D eigenvalue weighted by atomic mass is 9.84. The zero-order valence-electron chi connectivity index (χ0n) is 12.4. The van der Waals surface area contributed by atoms with Crippen molar-refractivity contribution in [3.8, 4) is 0 Å². The molecular weight excluding hydrogens is 200 g/mol. The molecule has 0 heterocycles. The molecule has 0 radical (unpaired) electrons. The van der Waals surface area contributed by atoms with E-state index in [9.17, 15) is 0 Å². The molecule has 0 aliphatic rings. The van der Waals surface area contributed by atoms with Gasteiger partial charge in [0, 0.05) is 12.5 Å². The molecule has 3 heteroatoms. The Bertz CT molecular complexity index is 248. The summed E-state index contributed by atoms with van der Waals surface area (Å²) in [7, 11) is 1.69. The zero-order valence-corrected chi connectivity index (χ0v) is 12.4. The van der Waals surface area contributed by atoms with Crippen molar-refractivity contribution in [1.29, 1.82) is 0 Å². The van der Waals surface area contributed by atoms with Gasteiger partial charge in [0.25, 0.3) is 0 Å². The number of hydrogen-bond acceptors (Lipinski definition) is 3. The monoisotopic (exact) mass is 228 g/mol. The van der Waals surface area contributed by atoms with Crippen LogP contribution in [0.15, 0.2) is 10.2 Å². The highest BCUT2D eigenvalue weighted by atomic mass is 16.5. The van der Waals surface area contributed by atoms with Crippen LogP contribution >= 0.6 is 0 Å². The third-order valence-corrected chi connectivity index (χ3v) is 3.46. The maximum Gasteiger partial charge on any atom is 0.180 e. The molecule has 0 saturated carbocycles. The molecular formula is C13H28N2O. The minimum absolute atomic E-state index is 0.0666. The van der Waals surface area contributed by atoms with Crippen LogP contribution in [0, 0.1) is 10.8 Å². The summed E-state index contributed by atoms with van der Waals surface area (Å²) in [6.45, 7) is 16.9. The van der Waals surface area contributed by atoms with Gasteiger partial charge in [0.05, 0.1) is 6.04 Å². The number of rotatable bonds is 3. The van der Waals surface area contributed by atoms with Gasteiger partial charge in [-0.25, -0.2) is 0 Å². The van der Waals surface area contributed by atoms with E-state index in [1.54, 1.807) is 7.11 Å². The Kier molecular flexibility index (Phi) is 4.69. The Labute approximate surface area is 101 Å². The molecule has 0 saturated heterocycles. The number of hydrogen-bond donors (Lipinski definition) is 0. The van der Waals surface area contributed by atoms with E-state index in [4.69, 9.17) is 4.74 Å². The van der Waals surface area contributed by atoms with Crippen LogP contribution < -0.4 is 0 Å². The number of nitrogens with zero attached hydrogens (tertiary/aromatic N) is 2. The first-order chi connectivity index (χ1) is 6.94. The summed E-state index contributed by atoms with van der Waals surface area (Å²) in [4.78, 5) is 0. The number of methoxy groups -OCH3 is 1. The molecule has 0 fully saturated rings. The summed E-state index contributed by atoms with van der Waals surface area (Å²) in [5, 5.41) is 8.82. The Morgan fingerprint density at radius 2 is 1.38 bits per heavy atom. The van der Waals surface area contributed by atoms with Crippen molar-refractivity contribution in [2.24, 2.45) is 21.1 Å². The Morgan fingerprint density at radius 3 is 1.62 bits per heavy atom. The molecule has 2 unspecified atom stereocenters. The second-order valence-electron chi connectivity index (χ2n) is 6.69. The molecule has 0 aliphatic heterocycles. The first-order valence-corrected chi connectivity index (χ1v) is 5.91. The molecule has 16 heavy (non-hydrogen) atoms. The summed E-state index contributed by atoms with van der Waals surface area (Å²) in [5.41, 5.74) is -0.495. The summed E-state index contributed by atoms with van der Waals surface area (Å²) in [6, 6.07) is 0.185. The van der Waals surface area contributed by atoms with Gasteiger partial charge in [-0.1, -0.05) is 41.5 Å². The van der Waals surface area contributed by atoms with Crippen LogP contribution in [-0.2, 0) is 4.74 Å². The van der Waals surface area contributed by atoms with Crippen LogP contribution in [0.1, 0.15) is 55.4 Å². The van der Waals surface area contributed by atoms with E-state index in [2.05, 4.69) is 58.7 Å². The van der Waals surface area contributed by atoms with Gasteiger partial charge in [-0.15, -0.1) is 0 Å². The van der Waals surface area contributed by atoms with Crippen molar-refractivity contribution in [1.82, 2.24) is 0 Å². The number of ether oxygens (including phenoxy) is 1. The van der Waals surface area contributed by atoms with E-state index >= 15 is 0 Å².